The largest absolute Gasteiger partial charge is 0.298 e. The third kappa shape index (κ3) is 2.11. The van der Waals surface area contributed by atoms with Crippen LogP contribution in [-0.2, 0) is 0 Å². The summed E-state index contributed by atoms with van der Waals surface area (Å²) in [4.78, 5) is 10.9. The molecule has 15 heavy (non-hydrogen) atoms. The van der Waals surface area contributed by atoms with E-state index in [-0.39, 0.29) is 0 Å². The van der Waals surface area contributed by atoms with Crippen LogP contribution in [0.1, 0.15) is 59.5 Å². The SMILES string of the molecule is Cc1c(C=O)cccc1C1CCCCC1. The first-order valence-electron chi connectivity index (χ1n) is 5.87. The molecule has 1 nitrogen and oxygen atoms in total. The zero-order valence-electron chi connectivity index (χ0n) is 9.33. The van der Waals surface area contributed by atoms with E-state index in [2.05, 4.69) is 13.0 Å². The molecule has 1 aromatic carbocycles. The maximum absolute atomic E-state index is 10.9. The predicted octanol–water partition coefficient (Wildman–Crippen LogP) is 3.86. The highest BCUT2D eigenvalue weighted by atomic mass is 16.1. The van der Waals surface area contributed by atoms with Crippen molar-refractivity contribution in [1.82, 2.24) is 0 Å². The molecule has 1 fully saturated rings. The average molecular weight is 202 g/mol. The maximum Gasteiger partial charge on any atom is 0.150 e. The molecule has 0 saturated heterocycles. The van der Waals surface area contributed by atoms with Crippen molar-refractivity contribution in [2.45, 2.75) is 44.9 Å². The van der Waals surface area contributed by atoms with E-state index in [4.69, 9.17) is 0 Å². The molecule has 0 bridgehead atoms. The molecular formula is C14H18O. The second-order valence-corrected chi connectivity index (χ2v) is 4.51. The lowest BCUT2D eigenvalue weighted by Crippen LogP contribution is -2.07. The Kier molecular flexibility index (Phi) is 3.20. The van der Waals surface area contributed by atoms with Gasteiger partial charge in [0, 0.05) is 5.56 Å². The van der Waals surface area contributed by atoms with E-state index in [9.17, 15) is 4.79 Å². The molecule has 0 heterocycles. The first kappa shape index (κ1) is 10.4. The van der Waals surface area contributed by atoms with Gasteiger partial charge in [0.05, 0.1) is 0 Å². The first-order chi connectivity index (χ1) is 7.33. The van der Waals surface area contributed by atoms with Gasteiger partial charge < -0.3 is 0 Å². The Labute approximate surface area is 91.5 Å². The van der Waals surface area contributed by atoms with E-state index in [1.165, 1.54) is 43.2 Å². The number of aldehydes is 1. The Hall–Kier alpha value is -1.11. The fourth-order valence-electron chi connectivity index (χ4n) is 2.66. The van der Waals surface area contributed by atoms with Crippen LogP contribution in [0.4, 0.5) is 0 Å². The van der Waals surface area contributed by atoms with Crippen molar-refractivity contribution in [3.63, 3.8) is 0 Å². The predicted molar refractivity (Wildman–Crippen MR) is 62.4 cm³/mol. The summed E-state index contributed by atoms with van der Waals surface area (Å²) in [6.45, 7) is 2.08. The summed E-state index contributed by atoms with van der Waals surface area (Å²) in [5, 5.41) is 0. The molecular weight excluding hydrogens is 184 g/mol. The van der Waals surface area contributed by atoms with Crippen LogP contribution in [0, 0.1) is 6.92 Å². The van der Waals surface area contributed by atoms with Gasteiger partial charge in [0.15, 0.2) is 0 Å². The third-order valence-corrected chi connectivity index (χ3v) is 3.59. The Balaban J connectivity index is 2.30. The highest BCUT2D eigenvalue weighted by Gasteiger charge is 2.17. The van der Waals surface area contributed by atoms with E-state index in [0.717, 1.165) is 11.8 Å². The van der Waals surface area contributed by atoms with Crippen LogP contribution in [0.15, 0.2) is 18.2 Å². The summed E-state index contributed by atoms with van der Waals surface area (Å²) in [5.41, 5.74) is 3.46. The zero-order chi connectivity index (χ0) is 10.7. The van der Waals surface area contributed by atoms with Crippen molar-refractivity contribution in [3.05, 3.63) is 34.9 Å². The Bertz CT molecular complexity index is 348. The summed E-state index contributed by atoms with van der Waals surface area (Å²) in [6, 6.07) is 6.12. The number of carbonyl (C=O) groups excluding carboxylic acids is 1. The molecule has 0 unspecified atom stereocenters. The molecule has 0 aliphatic heterocycles. The lowest BCUT2D eigenvalue weighted by Gasteiger charge is -2.24. The molecule has 1 saturated carbocycles. The summed E-state index contributed by atoms with van der Waals surface area (Å²) in [5.74, 6) is 0.693. The molecule has 1 aliphatic carbocycles. The van der Waals surface area contributed by atoms with Gasteiger partial charge in [0.25, 0.3) is 0 Å². The summed E-state index contributed by atoms with van der Waals surface area (Å²) >= 11 is 0. The minimum Gasteiger partial charge on any atom is -0.298 e. The molecule has 0 N–H and O–H groups in total. The molecule has 2 rings (SSSR count). The van der Waals surface area contributed by atoms with Gasteiger partial charge in [0.1, 0.15) is 6.29 Å². The van der Waals surface area contributed by atoms with Gasteiger partial charge in [-0.2, -0.15) is 0 Å². The topological polar surface area (TPSA) is 17.1 Å². The molecule has 1 heteroatoms. The standard InChI is InChI=1S/C14H18O/c1-11-13(10-15)8-5-9-14(11)12-6-3-2-4-7-12/h5,8-10,12H,2-4,6-7H2,1H3. The second kappa shape index (κ2) is 4.61. The zero-order valence-corrected chi connectivity index (χ0v) is 9.33. The van der Waals surface area contributed by atoms with Crippen molar-refractivity contribution in [1.29, 1.82) is 0 Å². The molecule has 0 atom stereocenters. The van der Waals surface area contributed by atoms with Crippen LogP contribution in [0.25, 0.3) is 0 Å². The van der Waals surface area contributed by atoms with E-state index in [1.807, 2.05) is 12.1 Å². The van der Waals surface area contributed by atoms with E-state index in [1.54, 1.807) is 0 Å². The Morgan fingerprint density at radius 2 is 1.93 bits per heavy atom. The first-order valence-corrected chi connectivity index (χ1v) is 5.87. The maximum atomic E-state index is 10.9. The summed E-state index contributed by atoms with van der Waals surface area (Å²) in [7, 11) is 0. The van der Waals surface area contributed by atoms with Crippen molar-refractivity contribution in [2.75, 3.05) is 0 Å². The molecule has 80 valence electrons. The number of carbonyl (C=O) groups is 1. The molecule has 0 radical (unpaired) electrons. The molecule has 0 amide bonds. The summed E-state index contributed by atoms with van der Waals surface area (Å²) in [6.07, 6.45) is 7.63. The Morgan fingerprint density at radius 3 is 2.60 bits per heavy atom. The smallest absolute Gasteiger partial charge is 0.150 e. The van der Waals surface area contributed by atoms with Gasteiger partial charge in [-0.3, -0.25) is 4.79 Å². The van der Waals surface area contributed by atoms with Crippen LogP contribution in [0.2, 0.25) is 0 Å². The minimum absolute atomic E-state index is 0.693. The number of rotatable bonds is 2. The van der Waals surface area contributed by atoms with Crippen molar-refractivity contribution in [3.8, 4) is 0 Å². The van der Waals surface area contributed by atoms with Gasteiger partial charge in [-0.05, 0) is 36.8 Å². The van der Waals surface area contributed by atoms with E-state index >= 15 is 0 Å². The molecule has 0 aromatic heterocycles. The quantitative estimate of drug-likeness (QED) is 0.666. The number of hydrogen-bond acceptors (Lipinski definition) is 1. The average Bonchev–Trinajstić information content (AvgIpc) is 2.30. The monoisotopic (exact) mass is 202 g/mol. The van der Waals surface area contributed by atoms with Gasteiger partial charge in [-0.1, -0.05) is 37.5 Å². The lowest BCUT2D eigenvalue weighted by atomic mass is 9.81. The van der Waals surface area contributed by atoms with Gasteiger partial charge in [0.2, 0.25) is 0 Å². The van der Waals surface area contributed by atoms with Gasteiger partial charge in [-0.15, -0.1) is 0 Å². The molecule has 1 aromatic rings. The van der Waals surface area contributed by atoms with Gasteiger partial charge in [-0.25, -0.2) is 0 Å². The lowest BCUT2D eigenvalue weighted by molar-refractivity contribution is 0.112. The fourth-order valence-corrected chi connectivity index (χ4v) is 2.66. The highest BCUT2D eigenvalue weighted by Crippen LogP contribution is 2.34. The number of benzene rings is 1. The minimum atomic E-state index is 0.693. The van der Waals surface area contributed by atoms with Crippen LogP contribution in [0.3, 0.4) is 0 Å². The van der Waals surface area contributed by atoms with Gasteiger partial charge >= 0.3 is 0 Å². The van der Waals surface area contributed by atoms with Crippen molar-refractivity contribution < 1.29 is 4.79 Å². The van der Waals surface area contributed by atoms with Crippen LogP contribution in [-0.4, -0.2) is 6.29 Å². The normalized spacial score (nSPS) is 17.7. The fraction of sp³-hybridized carbons (Fsp3) is 0.500. The molecule has 1 aliphatic rings. The van der Waals surface area contributed by atoms with Crippen molar-refractivity contribution in [2.24, 2.45) is 0 Å². The van der Waals surface area contributed by atoms with Crippen LogP contribution < -0.4 is 0 Å². The Morgan fingerprint density at radius 1 is 1.20 bits per heavy atom. The molecule has 0 spiro atoms. The summed E-state index contributed by atoms with van der Waals surface area (Å²) < 4.78 is 0. The van der Waals surface area contributed by atoms with Crippen molar-refractivity contribution >= 4 is 6.29 Å². The van der Waals surface area contributed by atoms with E-state index < -0.39 is 0 Å². The van der Waals surface area contributed by atoms with Crippen LogP contribution in [0.5, 0.6) is 0 Å². The highest BCUT2D eigenvalue weighted by molar-refractivity contribution is 5.77. The van der Waals surface area contributed by atoms with E-state index in [0.29, 0.717) is 5.92 Å². The van der Waals surface area contributed by atoms with Crippen LogP contribution >= 0.6 is 0 Å². The second-order valence-electron chi connectivity index (χ2n) is 4.51. The number of hydrogen-bond donors (Lipinski definition) is 0. The third-order valence-electron chi connectivity index (χ3n) is 3.59.